The van der Waals surface area contributed by atoms with E-state index in [0.717, 1.165) is 19.6 Å². The topological polar surface area (TPSA) is 47.3 Å². The van der Waals surface area contributed by atoms with E-state index in [2.05, 4.69) is 45.0 Å². The van der Waals surface area contributed by atoms with Crippen molar-refractivity contribution < 1.29 is 4.43 Å². The van der Waals surface area contributed by atoms with Crippen LogP contribution in [0.2, 0.25) is 38.8 Å². The predicted octanol–water partition coefficient (Wildman–Crippen LogP) is 3.05. The van der Waals surface area contributed by atoms with Gasteiger partial charge in [-0.2, -0.15) is 0 Å². The minimum absolute atomic E-state index is 0.411. The van der Waals surface area contributed by atoms with Crippen LogP contribution in [-0.2, 0) is 4.43 Å². The van der Waals surface area contributed by atoms with Crippen LogP contribution in [-0.4, -0.2) is 42.9 Å². The van der Waals surface area contributed by atoms with E-state index < -0.39 is 17.1 Å². The van der Waals surface area contributed by atoms with Crippen molar-refractivity contribution in [3.63, 3.8) is 0 Å². The van der Waals surface area contributed by atoms with Gasteiger partial charge >= 0.3 is 0 Å². The molecule has 0 fully saturated rings. The highest BCUT2D eigenvalue weighted by atomic mass is 28.4. The molecule has 0 spiro atoms. The van der Waals surface area contributed by atoms with Gasteiger partial charge in [-0.3, -0.25) is 0 Å². The summed E-state index contributed by atoms with van der Waals surface area (Å²) in [6, 6.07) is 1.45. The first-order valence-electron chi connectivity index (χ1n) is 8.33. The Labute approximate surface area is 129 Å². The zero-order chi connectivity index (χ0) is 15.6. The molecule has 0 aromatic heterocycles. The summed E-state index contributed by atoms with van der Waals surface area (Å²) in [5.41, 5.74) is 5.52. The molecule has 122 valence electrons. The Balaban J connectivity index is 4.15. The van der Waals surface area contributed by atoms with Crippen LogP contribution in [0.5, 0.6) is 0 Å². The Morgan fingerprint density at radius 1 is 1.25 bits per heavy atom. The molecule has 0 rings (SSSR count). The second-order valence-corrected chi connectivity index (χ2v) is 15.3. The standard InChI is InChI=1S/C15H38N2OSi2/c1-14(13-17-10-9-16)12-15(18-20(4,5)6)8-7-11-19(2)3/h14-15,17,19H,7-13,16H2,1-6H3. The molecular formula is C15H38N2OSi2. The van der Waals surface area contributed by atoms with Crippen molar-refractivity contribution in [1.82, 2.24) is 5.32 Å². The molecule has 2 unspecified atom stereocenters. The average Bonchev–Trinajstić information content (AvgIpc) is 2.26. The van der Waals surface area contributed by atoms with Gasteiger partial charge in [0, 0.05) is 28.0 Å². The smallest absolute Gasteiger partial charge is 0.184 e. The van der Waals surface area contributed by atoms with Crippen molar-refractivity contribution in [2.24, 2.45) is 11.7 Å². The van der Waals surface area contributed by atoms with Gasteiger partial charge in [-0.1, -0.05) is 32.5 Å². The zero-order valence-electron chi connectivity index (χ0n) is 14.7. The van der Waals surface area contributed by atoms with Crippen molar-refractivity contribution in [3.8, 4) is 0 Å². The normalized spacial score (nSPS) is 15.6. The Morgan fingerprint density at radius 3 is 2.40 bits per heavy atom. The maximum Gasteiger partial charge on any atom is 0.184 e. The summed E-state index contributed by atoms with van der Waals surface area (Å²) < 4.78 is 6.40. The van der Waals surface area contributed by atoms with Gasteiger partial charge in [0.05, 0.1) is 0 Å². The molecule has 0 aliphatic rings. The van der Waals surface area contributed by atoms with Gasteiger partial charge in [-0.15, -0.1) is 0 Å². The number of hydrogen-bond donors (Lipinski definition) is 2. The maximum absolute atomic E-state index is 6.40. The molecule has 5 heteroatoms. The summed E-state index contributed by atoms with van der Waals surface area (Å²) in [5.74, 6) is 0.666. The lowest BCUT2D eigenvalue weighted by molar-refractivity contribution is 0.152. The van der Waals surface area contributed by atoms with E-state index >= 15 is 0 Å². The van der Waals surface area contributed by atoms with Crippen molar-refractivity contribution in [2.45, 2.75) is 71.1 Å². The monoisotopic (exact) mass is 318 g/mol. The highest BCUT2D eigenvalue weighted by Gasteiger charge is 2.22. The lowest BCUT2D eigenvalue weighted by Crippen LogP contribution is -2.35. The fourth-order valence-corrected chi connectivity index (χ4v) is 4.73. The lowest BCUT2D eigenvalue weighted by Gasteiger charge is -2.29. The van der Waals surface area contributed by atoms with E-state index in [1.807, 2.05) is 0 Å². The van der Waals surface area contributed by atoms with Crippen LogP contribution in [0.4, 0.5) is 0 Å². The average molecular weight is 319 g/mol. The van der Waals surface area contributed by atoms with Crippen LogP contribution in [0.25, 0.3) is 0 Å². The van der Waals surface area contributed by atoms with Crippen LogP contribution < -0.4 is 11.1 Å². The minimum Gasteiger partial charge on any atom is -0.415 e. The molecule has 0 heterocycles. The molecule has 2 atom stereocenters. The Hall–Kier alpha value is 0.314. The Bertz CT molecular complexity index is 232. The van der Waals surface area contributed by atoms with E-state index in [-0.39, 0.29) is 0 Å². The molecule has 0 aliphatic heterocycles. The van der Waals surface area contributed by atoms with E-state index in [1.54, 1.807) is 0 Å². The molecule has 0 aromatic carbocycles. The van der Waals surface area contributed by atoms with E-state index in [0.29, 0.717) is 12.0 Å². The summed E-state index contributed by atoms with van der Waals surface area (Å²) in [6.07, 6.45) is 4.24. The third-order valence-electron chi connectivity index (χ3n) is 3.31. The molecule has 0 amide bonds. The molecule has 0 saturated carbocycles. The summed E-state index contributed by atoms with van der Waals surface area (Å²) in [6.45, 7) is 16.8. The van der Waals surface area contributed by atoms with Crippen LogP contribution in [0, 0.1) is 5.92 Å². The first-order valence-corrected chi connectivity index (χ1v) is 14.9. The fraction of sp³-hybridized carbons (Fsp3) is 1.00. The highest BCUT2D eigenvalue weighted by Crippen LogP contribution is 2.20. The molecule has 3 N–H and O–H groups in total. The van der Waals surface area contributed by atoms with Gasteiger partial charge in [0.1, 0.15) is 0 Å². The summed E-state index contributed by atoms with van der Waals surface area (Å²) in [5, 5.41) is 3.41. The van der Waals surface area contributed by atoms with Crippen LogP contribution in [0.1, 0.15) is 26.2 Å². The van der Waals surface area contributed by atoms with Gasteiger partial charge in [0.25, 0.3) is 0 Å². The largest absolute Gasteiger partial charge is 0.415 e. The third-order valence-corrected chi connectivity index (χ3v) is 5.91. The van der Waals surface area contributed by atoms with Gasteiger partial charge in [-0.05, 0) is 44.9 Å². The van der Waals surface area contributed by atoms with Gasteiger partial charge < -0.3 is 15.5 Å². The SMILES string of the molecule is CC(CNCCN)CC(CCC[SiH](C)C)O[Si](C)(C)C. The molecule has 0 aliphatic carbocycles. The number of hydrogen-bond acceptors (Lipinski definition) is 3. The third kappa shape index (κ3) is 13.3. The fourth-order valence-electron chi connectivity index (χ4n) is 2.46. The van der Waals surface area contributed by atoms with Crippen LogP contribution in [0.15, 0.2) is 0 Å². The van der Waals surface area contributed by atoms with Crippen molar-refractivity contribution in [1.29, 1.82) is 0 Å². The molecule has 0 radical (unpaired) electrons. The Morgan fingerprint density at radius 2 is 1.90 bits per heavy atom. The first kappa shape index (κ1) is 20.3. The van der Waals surface area contributed by atoms with Crippen LogP contribution in [0.3, 0.4) is 0 Å². The number of rotatable bonds is 12. The summed E-state index contributed by atoms with van der Waals surface area (Å²) >= 11 is 0. The number of nitrogens with two attached hydrogens (primary N) is 1. The first-order chi connectivity index (χ1) is 9.24. The maximum atomic E-state index is 6.40. The van der Waals surface area contributed by atoms with Crippen molar-refractivity contribution in [3.05, 3.63) is 0 Å². The molecule has 0 saturated heterocycles. The second-order valence-electron chi connectivity index (χ2n) is 7.51. The molecule has 3 nitrogen and oxygen atoms in total. The second kappa shape index (κ2) is 11.0. The number of nitrogens with one attached hydrogen (secondary N) is 1. The lowest BCUT2D eigenvalue weighted by atomic mass is 10.0. The highest BCUT2D eigenvalue weighted by molar-refractivity contribution is 6.69. The predicted molar refractivity (Wildman–Crippen MR) is 96.8 cm³/mol. The van der Waals surface area contributed by atoms with Gasteiger partial charge in [0.2, 0.25) is 0 Å². The van der Waals surface area contributed by atoms with E-state index in [9.17, 15) is 0 Å². The molecule has 20 heavy (non-hydrogen) atoms. The molecule has 0 bridgehead atoms. The van der Waals surface area contributed by atoms with Crippen LogP contribution >= 0.6 is 0 Å². The molecular weight excluding hydrogens is 280 g/mol. The van der Waals surface area contributed by atoms with E-state index in [4.69, 9.17) is 10.2 Å². The van der Waals surface area contributed by atoms with Gasteiger partial charge in [-0.25, -0.2) is 0 Å². The van der Waals surface area contributed by atoms with Gasteiger partial charge in [0.15, 0.2) is 8.32 Å². The minimum atomic E-state index is -1.43. The van der Waals surface area contributed by atoms with E-state index in [1.165, 1.54) is 25.3 Å². The van der Waals surface area contributed by atoms with Crippen molar-refractivity contribution >= 4 is 17.1 Å². The zero-order valence-corrected chi connectivity index (χ0v) is 16.8. The molecule has 0 aromatic rings. The quantitative estimate of drug-likeness (QED) is 0.429. The summed E-state index contributed by atoms with van der Waals surface area (Å²) in [4.78, 5) is 0. The van der Waals surface area contributed by atoms with Crippen molar-refractivity contribution in [2.75, 3.05) is 19.6 Å². The summed E-state index contributed by atoms with van der Waals surface area (Å²) in [7, 11) is -1.84. The Kier molecular flexibility index (Phi) is 11.1.